The van der Waals surface area contributed by atoms with Gasteiger partial charge in [0.05, 0.1) is 12.2 Å². The molecule has 2 N–H and O–H groups in total. The number of aromatic nitrogens is 1. The summed E-state index contributed by atoms with van der Waals surface area (Å²) >= 11 is 0. The van der Waals surface area contributed by atoms with E-state index in [1.54, 1.807) is 42.5 Å². The van der Waals surface area contributed by atoms with Crippen molar-refractivity contribution in [2.45, 2.75) is 25.1 Å². The highest BCUT2D eigenvalue weighted by molar-refractivity contribution is 6.04. The third-order valence-corrected chi connectivity index (χ3v) is 5.33. The van der Waals surface area contributed by atoms with Crippen molar-refractivity contribution >= 4 is 11.8 Å². The molecular weight excluding hydrogens is 451 g/mol. The van der Waals surface area contributed by atoms with Gasteiger partial charge in [0, 0.05) is 18.3 Å². The zero-order chi connectivity index (χ0) is 24.3. The Morgan fingerprint density at radius 3 is 2.47 bits per heavy atom. The fourth-order valence-electron chi connectivity index (χ4n) is 3.79. The molecule has 10 heteroatoms. The van der Waals surface area contributed by atoms with E-state index in [-0.39, 0.29) is 24.7 Å². The molecule has 2 heterocycles. The highest BCUT2D eigenvalue weighted by Crippen LogP contribution is 2.35. The summed E-state index contributed by atoms with van der Waals surface area (Å²) < 4.78 is 40.8. The Labute approximate surface area is 192 Å². The van der Waals surface area contributed by atoms with Gasteiger partial charge in [-0.1, -0.05) is 36.4 Å². The summed E-state index contributed by atoms with van der Waals surface area (Å²) in [6.07, 6.45) is -4.37. The standard InChI is InChI=1S/C24H20F3N3O4/c25-24(26,27)34-16-10-8-15(9-11-16)13-29-22(32)21-17-5-1-2-6-18(17)23(33)30(21)14-20(31)19-7-3-4-12-28-19/h1-12,20-21,31H,13-14H2,(H,29,32). The largest absolute Gasteiger partial charge is 0.573 e. The molecule has 7 nitrogen and oxygen atoms in total. The molecule has 0 fully saturated rings. The van der Waals surface area contributed by atoms with Crippen LogP contribution in [0.15, 0.2) is 72.9 Å². The summed E-state index contributed by atoms with van der Waals surface area (Å²) in [6, 6.07) is 15.9. The SMILES string of the molecule is O=C(NCc1ccc(OC(F)(F)F)cc1)C1c2ccccc2C(=O)N1CC(O)c1ccccn1. The normalized spacial score (nSPS) is 16.2. The number of halogens is 3. The van der Waals surface area contributed by atoms with E-state index in [0.717, 1.165) is 12.1 Å². The highest BCUT2D eigenvalue weighted by Gasteiger charge is 2.41. The molecule has 1 aromatic heterocycles. The Morgan fingerprint density at radius 1 is 1.09 bits per heavy atom. The molecule has 4 rings (SSSR count). The maximum atomic E-state index is 13.1. The lowest BCUT2D eigenvalue weighted by Gasteiger charge is -2.26. The number of aliphatic hydroxyl groups excluding tert-OH is 1. The lowest BCUT2D eigenvalue weighted by atomic mass is 10.0. The Morgan fingerprint density at radius 2 is 1.79 bits per heavy atom. The summed E-state index contributed by atoms with van der Waals surface area (Å²) in [5.41, 5.74) is 1.78. The topological polar surface area (TPSA) is 91.8 Å². The van der Waals surface area contributed by atoms with Crippen molar-refractivity contribution in [2.24, 2.45) is 0 Å². The monoisotopic (exact) mass is 471 g/mol. The molecule has 0 saturated heterocycles. The van der Waals surface area contributed by atoms with Crippen LogP contribution in [-0.2, 0) is 11.3 Å². The molecule has 176 valence electrons. The van der Waals surface area contributed by atoms with Crippen LogP contribution in [0.1, 0.15) is 39.3 Å². The third-order valence-electron chi connectivity index (χ3n) is 5.33. The Kier molecular flexibility index (Phi) is 6.51. The number of alkyl halides is 3. The number of aliphatic hydroxyl groups is 1. The summed E-state index contributed by atoms with van der Waals surface area (Å²) in [5, 5.41) is 13.3. The number of hydrogen-bond acceptors (Lipinski definition) is 5. The number of fused-ring (bicyclic) bond motifs is 1. The molecule has 2 atom stereocenters. The second kappa shape index (κ2) is 9.52. The second-order valence-corrected chi connectivity index (χ2v) is 7.63. The quantitative estimate of drug-likeness (QED) is 0.550. The van der Waals surface area contributed by atoms with Crippen LogP contribution in [0.5, 0.6) is 5.75 Å². The molecular formula is C24H20F3N3O4. The van der Waals surface area contributed by atoms with Gasteiger partial charge in [-0.25, -0.2) is 0 Å². The Balaban J connectivity index is 1.49. The van der Waals surface area contributed by atoms with E-state index in [9.17, 15) is 27.9 Å². The molecule has 2 aromatic carbocycles. The number of hydrogen-bond donors (Lipinski definition) is 2. The number of carbonyl (C=O) groups is 2. The minimum atomic E-state index is -4.79. The molecule has 0 bridgehead atoms. The first-order valence-corrected chi connectivity index (χ1v) is 10.3. The number of ether oxygens (including phenoxy) is 1. The third kappa shape index (κ3) is 5.18. The first kappa shape index (κ1) is 23.2. The van der Waals surface area contributed by atoms with Crippen LogP contribution in [0, 0.1) is 0 Å². The van der Waals surface area contributed by atoms with Gasteiger partial charge in [0.1, 0.15) is 17.9 Å². The van der Waals surface area contributed by atoms with Gasteiger partial charge in [0.15, 0.2) is 0 Å². The predicted molar refractivity (Wildman–Crippen MR) is 114 cm³/mol. The number of nitrogens with zero attached hydrogens (tertiary/aromatic N) is 2. The average Bonchev–Trinajstić information content (AvgIpc) is 3.09. The molecule has 1 aliphatic rings. The van der Waals surface area contributed by atoms with Crippen molar-refractivity contribution in [1.29, 1.82) is 0 Å². The van der Waals surface area contributed by atoms with Gasteiger partial charge in [-0.2, -0.15) is 0 Å². The number of β-amino-alcohol motifs (C(OH)–C–C–N with tert-alkyl or cyclic N) is 1. The van der Waals surface area contributed by atoms with Crippen molar-refractivity contribution in [3.63, 3.8) is 0 Å². The van der Waals surface area contributed by atoms with E-state index in [1.807, 2.05) is 0 Å². The molecule has 0 radical (unpaired) electrons. The number of nitrogens with one attached hydrogen (secondary N) is 1. The van der Waals surface area contributed by atoms with Gasteiger partial charge in [0.25, 0.3) is 5.91 Å². The first-order chi connectivity index (χ1) is 16.2. The first-order valence-electron chi connectivity index (χ1n) is 10.3. The van der Waals surface area contributed by atoms with Gasteiger partial charge >= 0.3 is 6.36 Å². The van der Waals surface area contributed by atoms with Gasteiger partial charge in [-0.3, -0.25) is 14.6 Å². The molecule has 0 saturated carbocycles. The summed E-state index contributed by atoms with van der Waals surface area (Å²) in [6.45, 7) is -0.124. The van der Waals surface area contributed by atoms with Crippen LogP contribution in [0.2, 0.25) is 0 Å². The zero-order valence-electron chi connectivity index (χ0n) is 17.7. The van der Waals surface area contributed by atoms with Gasteiger partial charge < -0.3 is 20.1 Å². The van der Waals surface area contributed by atoms with Crippen LogP contribution >= 0.6 is 0 Å². The predicted octanol–water partition coefficient (Wildman–Crippen LogP) is 3.53. The van der Waals surface area contributed by atoms with E-state index >= 15 is 0 Å². The van der Waals surface area contributed by atoms with E-state index in [4.69, 9.17) is 0 Å². The maximum Gasteiger partial charge on any atom is 0.573 e. The minimum absolute atomic E-state index is 0.0224. The van der Waals surface area contributed by atoms with Crippen molar-refractivity contribution in [2.75, 3.05) is 6.54 Å². The number of carbonyl (C=O) groups excluding carboxylic acids is 2. The molecule has 0 spiro atoms. The van der Waals surface area contributed by atoms with E-state index in [2.05, 4.69) is 15.0 Å². The highest BCUT2D eigenvalue weighted by atomic mass is 19.4. The van der Waals surface area contributed by atoms with Gasteiger partial charge in [-0.05, 0) is 41.5 Å². The van der Waals surface area contributed by atoms with Crippen LogP contribution in [0.4, 0.5) is 13.2 Å². The van der Waals surface area contributed by atoms with Crippen molar-refractivity contribution in [3.05, 3.63) is 95.3 Å². The fraction of sp³-hybridized carbons (Fsp3) is 0.208. The Hall–Kier alpha value is -3.92. The molecule has 2 amide bonds. The smallest absolute Gasteiger partial charge is 0.406 e. The lowest BCUT2D eigenvalue weighted by molar-refractivity contribution is -0.274. The zero-order valence-corrected chi connectivity index (χ0v) is 17.7. The van der Waals surface area contributed by atoms with E-state index in [0.29, 0.717) is 22.4 Å². The number of pyridine rings is 1. The van der Waals surface area contributed by atoms with Crippen LogP contribution in [0.3, 0.4) is 0 Å². The maximum absolute atomic E-state index is 13.1. The lowest BCUT2D eigenvalue weighted by Crippen LogP contribution is -2.41. The summed E-state index contributed by atoms with van der Waals surface area (Å²) in [5.74, 6) is -1.24. The van der Waals surface area contributed by atoms with E-state index < -0.39 is 24.4 Å². The number of rotatable bonds is 7. The molecule has 1 aliphatic heterocycles. The molecule has 2 unspecified atom stereocenters. The summed E-state index contributed by atoms with van der Waals surface area (Å²) in [4.78, 5) is 31.5. The average molecular weight is 471 g/mol. The molecule has 0 aliphatic carbocycles. The van der Waals surface area contributed by atoms with Crippen molar-refractivity contribution < 1.29 is 32.6 Å². The summed E-state index contributed by atoms with van der Waals surface area (Å²) in [7, 11) is 0. The Bertz CT molecular complexity index is 1170. The fourth-order valence-corrected chi connectivity index (χ4v) is 3.79. The van der Waals surface area contributed by atoms with Crippen LogP contribution < -0.4 is 10.1 Å². The second-order valence-electron chi connectivity index (χ2n) is 7.63. The van der Waals surface area contributed by atoms with Crippen LogP contribution in [-0.4, -0.2) is 39.7 Å². The van der Waals surface area contributed by atoms with Gasteiger partial charge in [-0.15, -0.1) is 13.2 Å². The molecule has 3 aromatic rings. The van der Waals surface area contributed by atoms with Gasteiger partial charge in [0.2, 0.25) is 5.91 Å². The van der Waals surface area contributed by atoms with Crippen molar-refractivity contribution in [3.8, 4) is 5.75 Å². The number of amides is 2. The number of benzene rings is 2. The minimum Gasteiger partial charge on any atom is -0.406 e. The van der Waals surface area contributed by atoms with Crippen LogP contribution in [0.25, 0.3) is 0 Å². The molecule has 34 heavy (non-hydrogen) atoms. The van der Waals surface area contributed by atoms with Crippen molar-refractivity contribution in [1.82, 2.24) is 15.2 Å². The van der Waals surface area contributed by atoms with E-state index in [1.165, 1.54) is 23.2 Å².